The number of carbonyl (C=O) groups excluding carboxylic acids is 2. The molecule has 3 N–H and O–H groups in total. The van der Waals surface area contributed by atoms with Gasteiger partial charge in [0.05, 0.1) is 6.04 Å². The van der Waals surface area contributed by atoms with E-state index in [0.717, 1.165) is 5.56 Å². The van der Waals surface area contributed by atoms with E-state index >= 15 is 0 Å². The molecule has 0 saturated carbocycles. The van der Waals surface area contributed by atoms with E-state index in [2.05, 4.69) is 5.32 Å². The lowest BCUT2D eigenvalue weighted by Crippen LogP contribution is -2.46. The van der Waals surface area contributed by atoms with E-state index < -0.39 is 18.0 Å². The molecule has 1 aromatic carbocycles. The number of nitrogens with one attached hydrogen (secondary N) is 1. The Morgan fingerprint density at radius 1 is 1.50 bits per heavy atom. The SMILES string of the molecule is C[C@@H](C(=O)NC(N)=O)N(C)Cc1cccc(Cl)c1. The summed E-state index contributed by atoms with van der Waals surface area (Å²) >= 11 is 5.88. The van der Waals surface area contributed by atoms with E-state index in [1.807, 2.05) is 18.2 Å². The fourth-order valence-electron chi connectivity index (χ4n) is 1.49. The smallest absolute Gasteiger partial charge is 0.318 e. The highest BCUT2D eigenvalue weighted by molar-refractivity contribution is 6.30. The number of primary amides is 1. The zero-order valence-electron chi connectivity index (χ0n) is 10.3. The number of benzene rings is 1. The molecule has 0 spiro atoms. The number of nitrogens with two attached hydrogens (primary N) is 1. The van der Waals surface area contributed by atoms with Gasteiger partial charge in [-0.1, -0.05) is 23.7 Å². The van der Waals surface area contributed by atoms with E-state index in [0.29, 0.717) is 11.6 Å². The molecule has 0 fully saturated rings. The number of nitrogens with zero attached hydrogens (tertiary/aromatic N) is 1. The molecule has 0 aromatic heterocycles. The maximum absolute atomic E-state index is 11.6. The number of halogens is 1. The Morgan fingerprint density at radius 2 is 2.17 bits per heavy atom. The minimum atomic E-state index is -0.844. The van der Waals surface area contributed by atoms with Crippen molar-refractivity contribution in [2.75, 3.05) is 7.05 Å². The summed E-state index contributed by atoms with van der Waals surface area (Å²) in [7, 11) is 1.78. The molecule has 6 heteroatoms. The quantitative estimate of drug-likeness (QED) is 0.866. The van der Waals surface area contributed by atoms with Crippen LogP contribution in [0.15, 0.2) is 24.3 Å². The maximum Gasteiger partial charge on any atom is 0.318 e. The molecule has 1 atom stereocenters. The Hall–Kier alpha value is -1.59. The van der Waals surface area contributed by atoms with Crippen molar-refractivity contribution in [3.05, 3.63) is 34.9 Å². The summed E-state index contributed by atoms with van der Waals surface area (Å²) in [6.07, 6.45) is 0. The Balaban J connectivity index is 2.62. The minimum absolute atomic E-state index is 0.424. The van der Waals surface area contributed by atoms with Gasteiger partial charge in [-0.15, -0.1) is 0 Å². The number of carbonyl (C=O) groups is 2. The van der Waals surface area contributed by atoms with Crippen molar-refractivity contribution in [2.45, 2.75) is 19.5 Å². The summed E-state index contributed by atoms with van der Waals surface area (Å²) in [4.78, 5) is 24.0. The minimum Gasteiger partial charge on any atom is -0.351 e. The van der Waals surface area contributed by atoms with Gasteiger partial charge in [0.25, 0.3) is 0 Å². The second kappa shape index (κ2) is 6.37. The molecule has 0 bridgehead atoms. The molecular weight excluding hydrogens is 254 g/mol. The zero-order chi connectivity index (χ0) is 13.7. The van der Waals surface area contributed by atoms with Crippen LogP contribution in [0.25, 0.3) is 0 Å². The van der Waals surface area contributed by atoms with E-state index in [9.17, 15) is 9.59 Å². The highest BCUT2D eigenvalue weighted by atomic mass is 35.5. The van der Waals surface area contributed by atoms with Crippen molar-refractivity contribution in [2.24, 2.45) is 5.73 Å². The Kier molecular flexibility index (Phi) is 5.12. The van der Waals surface area contributed by atoms with Crippen LogP contribution in [0.5, 0.6) is 0 Å². The Labute approximate surface area is 111 Å². The molecule has 0 aliphatic heterocycles. The first-order chi connectivity index (χ1) is 8.40. The van der Waals surface area contributed by atoms with Crippen molar-refractivity contribution in [1.29, 1.82) is 0 Å². The number of urea groups is 1. The van der Waals surface area contributed by atoms with Crippen molar-refractivity contribution >= 4 is 23.5 Å². The molecule has 18 heavy (non-hydrogen) atoms. The van der Waals surface area contributed by atoms with Gasteiger partial charge in [-0.3, -0.25) is 15.0 Å². The zero-order valence-corrected chi connectivity index (χ0v) is 11.1. The van der Waals surface area contributed by atoms with Crippen molar-refractivity contribution in [3.63, 3.8) is 0 Å². The number of amides is 3. The lowest BCUT2D eigenvalue weighted by Gasteiger charge is -2.23. The van der Waals surface area contributed by atoms with Crippen LogP contribution in [-0.4, -0.2) is 29.9 Å². The van der Waals surface area contributed by atoms with Crippen LogP contribution < -0.4 is 11.1 Å². The summed E-state index contributed by atoms with van der Waals surface area (Å²) in [5.74, 6) is -0.424. The number of imide groups is 1. The molecule has 3 amide bonds. The number of hydrogen-bond acceptors (Lipinski definition) is 3. The summed E-state index contributed by atoms with van der Waals surface area (Å²) in [5.41, 5.74) is 5.89. The van der Waals surface area contributed by atoms with E-state index in [1.54, 1.807) is 24.9 Å². The van der Waals surface area contributed by atoms with Gasteiger partial charge in [0.2, 0.25) is 5.91 Å². The highest BCUT2D eigenvalue weighted by Crippen LogP contribution is 2.13. The molecule has 0 heterocycles. The van der Waals surface area contributed by atoms with Gasteiger partial charge in [-0.2, -0.15) is 0 Å². The van der Waals surface area contributed by atoms with E-state index in [1.165, 1.54) is 0 Å². The first-order valence-corrected chi connectivity index (χ1v) is 5.83. The average molecular weight is 270 g/mol. The molecule has 0 saturated heterocycles. The summed E-state index contributed by atoms with van der Waals surface area (Å²) in [6.45, 7) is 2.25. The normalized spacial score (nSPS) is 12.2. The topological polar surface area (TPSA) is 75.4 Å². The number of hydrogen-bond donors (Lipinski definition) is 2. The van der Waals surface area contributed by atoms with Gasteiger partial charge in [0.1, 0.15) is 0 Å². The average Bonchev–Trinajstić information content (AvgIpc) is 2.27. The van der Waals surface area contributed by atoms with Crippen molar-refractivity contribution < 1.29 is 9.59 Å². The van der Waals surface area contributed by atoms with Crippen molar-refractivity contribution in [3.8, 4) is 0 Å². The monoisotopic (exact) mass is 269 g/mol. The van der Waals surface area contributed by atoms with Crippen molar-refractivity contribution in [1.82, 2.24) is 10.2 Å². The summed E-state index contributed by atoms with van der Waals surface area (Å²) < 4.78 is 0. The van der Waals surface area contributed by atoms with Gasteiger partial charge in [0, 0.05) is 11.6 Å². The first kappa shape index (κ1) is 14.5. The fourth-order valence-corrected chi connectivity index (χ4v) is 1.70. The van der Waals surface area contributed by atoms with E-state index in [-0.39, 0.29) is 0 Å². The molecule has 5 nitrogen and oxygen atoms in total. The Morgan fingerprint density at radius 3 is 2.72 bits per heavy atom. The molecule has 0 aliphatic rings. The van der Waals surface area contributed by atoms with Crippen LogP contribution in [0.2, 0.25) is 5.02 Å². The molecular formula is C12H16ClN3O2. The van der Waals surface area contributed by atoms with Crippen LogP contribution in [0.1, 0.15) is 12.5 Å². The molecule has 1 rings (SSSR count). The van der Waals surface area contributed by atoms with E-state index in [4.69, 9.17) is 17.3 Å². The van der Waals surface area contributed by atoms with Gasteiger partial charge in [-0.05, 0) is 31.7 Å². The Bertz CT molecular complexity index is 451. The van der Waals surface area contributed by atoms with Crippen LogP contribution in [-0.2, 0) is 11.3 Å². The molecule has 0 aliphatic carbocycles. The number of likely N-dealkylation sites (N-methyl/N-ethyl adjacent to an activating group) is 1. The molecule has 0 unspecified atom stereocenters. The third-order valence-corrected chi connectivity index (χ3v) is 2.84. The first-order valence-electron chi connectivity index (χ1n) is 5.45. The largest absolute Gasteiger partial charge is 0.351 e. The van der Waals surface area contributed by atoms with Crippen LogP contribution in [0.3, 0.4) is 0 Å². The predicted octanol–water partition coefficient (Wildman–Crippen LogP) is 1.36. The predicted molar refractivity (Wildman–Crippen MR) is 70.1 cm³/mol. The van der Waals surface area contributed by atoms with Crippen LogP contribution in [0.4, 0.5) is 4.79 Å². The standard InChI is InChI=1S/C12H16ClN3O2/c1-8(11(17)15-12(14)18)16(2)7-9-4-3-5-10(13)6-9/h3-6,8H,7H2,1-2H3,(H3,14,15,17,18)/t8-/m0/s1. The van der Waals surface area contributed by atoms with Crippen LogP contribution in [0, 0.1) is 0 Å². The molecule has 0 radical (unpaired) electrons. The lowest BCUT2D eigenvalue weighted by atomic mass is 10.2. The summed E-state index contributed by atoms with van der Waals surface area (Å²) in [6, 6.07) is 6.07. The lowest BCUT2D eigenvalue weighted by molar-refractivity contribution is -0.124. The fraction of sp³-hybridized carbons (Fsp3) is 0.333. The van der Waals surface area contributed by atoms with Gasteiger partial charge in [-0.25, -0.2) is 4.79 Å². The van der Waals surface area contributed by atoms with Crippen LogP contribution >= 0.6 is 11.6 Å². The number of rotatable bonds is 4. The highest BCUT2D eigenvalue weighted by Gasteiger charge is 2.19. The summed E-state index contributed by atoms with van der Waals surface area (Å²) in [5, 5.41) is 2.70. The third-order valence-electron chi connectivity index (χ3n) is 2.61. The van der Waals surface area contributed by atoms with Gasteiger partial charge >= 0.3 is 6.03 Å². The van der Waals surface area contributed by atoms with Gasteiger partial charge < -0.3 is 5.73 Å². The second-order valence-corrected chi connectivity index (χ2v) is 4.51. The van der Waals surface area contributed by atoms with Gasteiger partial charge in [0.15, 0.2) is 0 Å². The third kappa shape index (κ3) is 4.35. The molecule has 1 aromatic rings. The molecule has 98 valence electrons. The second-order valence-electron chi connectivity index (χ2n) is 4.07. The maximum atomic E-state index is 11.6.